The van der Waals surface area contributed by atoms with Gasteiger partial charge in [-0.15, -0.1) is 0 Å². The van der Waals surface area contributed by atoms with Crippen molar-refractivity contribution < 1.29 is 14.3 Å². The molecule has 0 aliphatic carbocycles. The van der Waals surface area contributed by atoms with Crippen molar-refractivity contribution in [2.45, 2.75) is 19.8 Å². The van der Waals surface area contributed by atoms with Crippen molar-refractivity contribution in [3.63, 3.8) is 0 Å². The van der Waals surface area contributed by atoms with Crippen LogP contribution < -0.4 is 10.1 Å². The Morgan fingerprint density at radius 3 is 2.64 bits per heavy atom. The van der Waals surface area contributed by atoms with E-state index in [1.165, 1.54) is 0 Å². The molecule has 1 aromatic heterocycles. The van der Waals surface area contributed by atoms with Crippen molar-refractivity contribution in [3.05, 3.63) is 84.2 Å². The summed E-state index contributed by atoms with van der Waals surface area (Å²) in [7, 11) is 1.66. The van der Waals surface area contributed by atoms with Crippen LogP contribution in [0.25, 0.3) is 11.1 Å². The van der Waals surface area contributed by atoms with E-state index in [1.807, 2.05) is 55.6 Å². The summed E-state index contributed by atoms with van der Waals surface area (Å²) >= 11 is 0. The lowest BCUT2D eigenvalue weighted by Gasteiger charge is -2.29. The van der Waals surface area contributed by atoms with Gasteiger partial charge in [0.1, 0.15) is 5.75 Å². The minimum atomic E-state index is -0.705. The molecule has 2 aromatic carbocycles. The molecule has 3 aromatic rings. The van der Waals surface area contributed by atoms with Gasteiger partial charge in [-0.2, -0.15) is 0 Å². The summed E-state index contributed by atoms with van der Waals surface area (Å²) in [6.07, 6.45) is 4.71. The van der Waals surface area contributed by atoms with Crippen LogP contribution in [-0.2, 0) is 11.2 Å². The predicted molar refractivity (Wildman–Crippen MR) is 128 cm³/mol. The van der Waals surface area contributed by atoms with Crippen molar-refractivity contribution in [1.29, 1.82) is 0 Å². The van der Waals surface area contributed by atoms with Gasteiger partial charge >= 0.3 is 0 Å². The van der Waals surface area contributed by atoms with Crippen LogP contribution in [0.3, 0.4) is 0 Å². The van der Waals surface area contributed by atoms with Crippen LogP contribution in [0, 0.1) is 5.41 Å². The first-order valence-corrected chi connectivity index (χ1v) is 11.3. The van der Waals surface area contributed by atoms with E-state index in [4.69, 9.17) is 4.74 Å². The average Bonchev–Trinajstić information content (AvgIpc) is 3.30. The Morgan fingerprint density at radius 1 is 1.09 bits per heavy atom. The van der Waals surface area contributed by atoms with Crippen molar-refractivity contribution in [2.24, 2.45) is 5.41 Å². The number of ether oxygens (including phenoxy) is 1. The molecule has 0 spiro atoms. The highest BCUT2D eigenvalue weighted by Gasteiger charge is 2.46. The van der Waals surface area contributed by atoms with Crippen LogP contribution >= 0.6 is 0 Å². The highest BCUT2D eigenvalue weighted by Crippen LogP contribution is 2.38. The summed E-state index contributed by atoms with van der Waals surface area (Å²) in [6.45, 7) is 3.25. The third-order valence-electron chi connectivity index (χ3n) is 6.29. The van der Waals surface area contributed by atoms with Gasteiger partial charge in [0, 0.05) is 38.1 Å². The van der Waals surface area contributed by atoms with E-state index < -0.39 is 5.41 Å². The summed E-state index contributed by atoms with van der Waals surface area (Å²) in [6, 6.07) is 19.3. The zero-order valence-electron chi connectivity index (χ0n) is 19.1. The molecule has 0 bridgehead atoms. The maximum absolute atomic E-state index is 13.4. The lowest BCUT2D eigenvalue weighted by atomic mass is 9.78. The normalized spacial score (nSPS) is 17.6. The summed E-state index contributed by atoms with van der Waals surface area (Å²) in [5, 5.41) is 2.84. The molecule has 6 heteroatoms. The maximum atomic E-state index is 13.4. The number of carbonyl (C=O) groups is 2. The molecule has 1 saturated heterocycles. The fourth-order valence-electron chi connectivity index (χ4n) is 4.66. The third-order valence-corrected chi connectivity index (χ3v) is 6.29. The maximum Gasteiger partial charge on any atom is 0.257 e. The van der Waals surface area contributed by atoms with E-state index in [0.29, 0.717) is 43.9 Å². The number of rotatable bonds is 7. The van der Waals surface area contributed by atoms with E-state index in [-0.39, 0.29) is 11.8 Å². The number of nitrogens with zero attached hydrogens (tertiary/aromatic N) is 2. The lowest BCUT2D eigenvalue weighted by molar-refractivity contribution is -0.129. The largest absolute Gasteiger partial charge is 0.493 e. The van der Waals surface area contributed by atoms with Gasteiger partial charge in [0.15, 0.2) is 0 Å². The number of para-hydroxylation sites is 1. The zero-order chi connectivity index (χ0) is 23.3. The van der Waals surface area contributed by atoms with Crippen LogP contribution in [0.15, 0.2) is 73.1 Å². The first-order chi connectivity index (χ1) is 16.1. The van der Waals surface area contributed by atoms with Crippen molar-refractivity contribution in [3.8, 4) is 16.9 Å². The van der Waals surface area contributed by atoms with Gasteiger partial charge in [-0.05, 0) is 49.1 Å². The Balaban J connectivity index is 1.64. The topological polar surface area (TPSA) is 71.5 Å². The molecule has 1 N–H and O–H groups in total. The monoisotopic (exact) mass is 443 g/mol. The number of aromatic nitrogens is 1. The molecule has 2 heterocycles. The highest BCUT2D eigenvalue weighted by atomic mass is 16.5. The number of nitrogens with one attached hydrogen (secondary N) is 1. The average molecular weight is 444 g/mol. The second-order valence-electron chi connectivity index (χ2n) is 8.34. The quantitative estimate of drug-likeness (QED) is 0.600. The molecule has 0 radical (unpaired) electrons. The minimum Gasteiger partial charge on any atom is -0.493 e. The van der Waals surface area contributed by atoms with Crippen LogP contribution in [0.1, 0.15) is 29.3 Å². The van der Waals surface area contributed by atoms with Crippen LogP contribution in [-0.4, -0.2) is 48.4 Å². The van der Waals surface area contributed by atoms with Gasteiger partial charge in [0.25, 0.3) is 5.91 Å². The second kappa shape index (κ2) is 9.86. The number of likely N-dealkylation sites (tertiary alicyclic amines) is 1. The summed E-state index contributed by atoms with van der Waals surface area (Å²) < 4.78 is 5.67. The number of pyridine rings is 1. The number of benzene rings is 2. The lowest BCUT2D eigenvalue weighted by Crippen LogP contribution is -2.44. The van der Waals surface area contributed by atoms with Gasteiger partial charge in [-0.3, -0.25) is 14.6 Å². The highest BCUT2D eigenvalue weighted by molar-refractivity contribution is 5.98. The molecule has 1 atom stereocenters. The fourth-order valence-corrected chi connectivity index (χ4v) is 4.66. The smallest absolute Gasteiger partial charge is 0.257 e. The Bertz CT molecular complexity index is 1130. The SMILES string of the molecule is CCOc1ccccc1C(=O)N1CC[C@](Cc2ccccc2-c2cccnc2)(C(=O)NC)C1. The van der Waals surface area contributed by atoms with E-state index in [9.17, 15) is 9.59 Å². The Morgan fingerprint density at radius 2 is 1.88 bits per heavy atom. The van der Waals surface area contributed by atoms with Gasteiger partial charge in [-0.1, -0.05) is 42.5 Å². The number of hydrogen-bond donors (Lipinski definition) is 1. The van der Waals surface area contributed by atoms with Gasteiger partial charge < -0.3 is 15.0 Å². The molecule has 1 fully saturated rings. The van der Waals surface area contributed by atoms with Crippen LogP contribution in [0.2, 0.25) is 0 Å². The van der Waals surface area contributed by atoms with Crippen LogP contribution in [0.5, 0.6) is 5.75 Å². The molecular formula is C27H29N3O3. The molecule has 2 amide bonds. The number of hydrogen-bond acceptors (Lipinski definition) is 4. The molecule has 33 heavy (non-hydrogen) atoms. The number of amides is 2. The molecule has 1 aliphatic heterocycles. The van der Waals surface area contributed by atoms with Crippen molar-refractivity contribution >= 4 is 11.8 Å². The molecular weight excluding hydrogens is 414 g/mol. The second-order valence-corrected chi connectivity index (χ2v) is 8.34. The number of carbonyl (C=O) groups excluding carboxylic acids is 2. The summed E-state index contributed by atoms with van der Waals surface area (Å²) in [5.74, 6) is 0.423. The van der Waals surface area contributed by atoms with Gasteiger partial charge in [-0.25, -0.2) is 0 Å². The Hall–Kier alpha value is -3.67. The van der Waals surface area contributed by atoms with Gasteiger partial charge in [0.2, 0.25) is 5.91 Å². The van der Waals surface area contributed by atoms with Crippen molar-refractivity contribution in [2.75, 3.05) is 26.7 Å². The molecule has 4 rings (SSSR count). The summed E-state index contributed by atoms with van der Waals surface area (Å²) in [5.41, 5.74) is 2.96. The van der Waals surface area contributed by atoms with Crippen molar-refractivity contribution in [1.82, 2.24) is 15.2 Å². The fraction of sp³-hybridized carbons (Fsp3) is 0.296. The van der Waals surface area contributed by atoms with E-state index in [0.717, 1.165) is 16.7 Å². The standard InChI is InChI=1S/C27H29N3O3/c1-3-33-24-13-7-6-12-23(24)25(31)30-16-14-27(19-30,26(32)28-2)17-20-9-4-5-11-22(20)21-10-8-15-29-18-21/h4-13,15,18H,3,14,16-17,19H2,1-2H3,(H,28,32)/t27-/m1/s1. The van der Waals surface area contributed by atoms with E-state index >= 15 is 0 Å². The summed E-state index contributed by atoms with van der Waals surface area (Å²) in [4.78, 5) is 32.6. The molecule has 6 nitrogen and oxygen atoms in total. The Labute approximate surface area is 194 Å². The Kier molecular flexibility index (Phi) is 6.73. The van der Waals surface area contributed by atoms with Gasteiger partial charge in [0.05, 0.1) is 17.6 Å². The van der Waals surface area contributed by atoms with E-state index in [1.54, 1.807) is 24.2 Å². The van der Waals surface area contributed by atoms with Crippen LogP contribution in [0.4, 0.5) is 0 Å². The first-order valence-electron chi connectivity index (χ1n) is 11.3. The van der Waals surface area contributed by atoms with E-state index in [2.05, 4.69) is 22.4 Å². The molecule has 0 unspecified atom stereocenters. The first kappa shape index (κ1) is 22.5. The predicted octanol–water partition coefficient (Wildman–Crippen LogP) is 3.97. The molecule has 170 valence electrons. The zero-order valence-corrected chi connectivity index (χ0v) is 19.1. The third kappa shape index (κ3) is 4.60. The minimum absolute atomic E-state index is 0.0446. The molecule has 0 saturated carbocycles. The molecule has 1 aliphatic rings.